The van der Waals surface area contributed by atoms with Crippen molar-refractivity contribution < 1.29 is 28.6 Å². The van der Waals surface area contributed by atoms with Crippen molar-refractivity contribution in [1.29, 1.82) is 0 Å². The lowest BCUT2D eigenvalue weighted by atomic mass is 9.78. The average Bonchev–Trinajstić information content (AvgIpc) is 2.76. The third-order valence-electron chi connectivity index (χ3n) is 5.64. The van der Waals surface area contributed by atoms with Crippen molar-refractivity contribution in [2.45, 2.75) is 103 Å². The highest BCUT2D eigenvalue weighted by Gasteiger charge is 2.48. The summed E-state index contributed by atoms with van der Waals surface area (Å²) >= 11 is 0. The first-order valence-electron chi connectivity index (χ1n) is 11.7. The average molecular weight is 425 g/mol. The number of hydrogen-bond acceptors (Lipinski definition) is 6. The van der Waals surface area contributed by atoms with Crippen LogP contribution in [0.2, 0.25) is 0 Å². The molecule has 0 aromatic heterocycles. The van der Waals surface area contributed by atoms with Gasteiger partial charge in [0.05, 0.1) is 19.1 Å². The van der Waals surface area contributed by atoms with E-state index in [4.69, 9.17) is 14.2 Å². The maximum absolute atomic E-state index is 12.5. The zero-order chi connectivity index (χ0) is 22.2. The second kappa shape index (κ2) is 15.0. The maximum atomic E-state index is 12.5. The lowest BCUT2D eigenvalue weighted by molar-refractivity contribution is -0.186. The van der Waals surface area contributed by atoms with Crippen molar-refractivity contribution in [3.05, 3.63) is 12.7 Å². The molecule has 1 aliphatic rings. The summed E-state index contributed by atoms with van der Waals surface area (Å²) in [6.45, 7) is 8.23. The van der Waals surface area contributed by atoms with E-state index in [1.807, 2.05) is 6.92 Å². The summed E-state index contributed by atoms with van der Waals surface area (Å²) < 4.78 is 16.1. The molecule has 0 aliphatic heterocycles. The molecule has 6 nitrogen and oxygen atoms in total. The van der Waals surface area contributed by atoms with Crippen LogP contribution >= 0.6 is 0 Å². The van der Waals surface area contributed by atoms with Crippen LogP contribution in [0, 0.1) is 5.92 Å². The number of ether oxygens (including phenoxy) is 3. The van der Waals surface area contributed by atoms with Crippen molar-refractivity contribution >= 4 is 17.9 Å². The van der Waals surface area contributed by atoms with Gasteiger partial charge in [0.2, 0.25) is 5.60 Å². The fraction of sp³-hybridized carbons (Fsp3) is 0.792. The van der Waals surface area contributed by atoms with Gasteiger partial charge in [-0.1, -0.05) is 65.4 Å². The van der Waals surface area contributed by atoms with Crippen molar-refractivity contribution in [3.63, 3.8) is 0 Å². The van der Waals surface area contributed by atoms with Crippen molar-refractivity contribution in [1.82, 2.24) is 0 Å². The Bertz CT molecular complexity index is 534. The quantitative estimate of drug-likeness (QED) is 0.154. The number of unbranched alkanes of at least 4 members (excludes halogenated alkanes) is 7. The Morgan fingerprint density at radius 3 is 2.03 bits per heavy atom. The Labute approximate surface area is 181 Å². The van der Waals surface area contributed by atoms with Gasteiger partial charge in [-0.3, -0.25) is 4.79 Å². The molecule has 0 bridgehead atoms. The third kappa shape index (κ3) is 9.31. The predicted molar refractivity (Wildman–Crippen MR) is 116 cm³/mol. The van der Waals surface area contributed by atoms with Crippen LogP contribution in [0.15, 0.2) is 12.7 Å². The molecule has 0 spiro atoms. The standard InChI is InChI=1S/C24H40O6/c1-4-7-8-9-10-11-12-13-19-28-22(26)20-14-16-24(17-15-20,30-21(25)6-3)23(27)29-18-5-2/h6,20H,3-5,7-19H2,1-2H3. The first-order chi connectivity index (χ1) is 14.5. The topological polar surface area (TPSA) is 78.9 Å². The molecule has 172 valence electrons. The fourth-order valence-electron chi connectivity index (χ4n) is 3.75. The molecule has 1 saturated carbocycles. The van der Waals surface area contributed by atoms with E-state index in [1.165, 1.54) is 38.5 Å². The van der Waals surface area contributed by atoms with Gasteiger partial charge in [0.25, 0.3) is 0 Å². The van der Waals surface area contributed by atoms with E-state index >= 15 is 0 Å². The molecular formula is C24H40O6. The van der Waals surface area contributed by atoms with Crippen LogP contribution < -0.4 is 0 Å². The fourth-order valence-corrected chi connectivity index (χ4v) is 3.75. The zero-order valence-electron chi connectivity index (χ0n) is 18.9. The maximum Gasteiger partial charge on any atom is 0.350 e. The zero-order valence-corrected chi connectivity index (χ0v) is 18.9. The molecule has 0 N–H and O–H groups in total. The highest BCUT2D eigenvalue weighted by atomic mass is 16.6. The lowest BCUT2D eigenvalue weighted by Gasteiger charge is -2.36. The van der Waals surface area contributed by atoms with E-state index in [1.54, 1.807) is 0 Å². The van der Waals surface area contributed by atoms with Crippen molar-refractivity contribution in [2.24, 2.45) is 5.92 Å². The van der Waals surface area contributed by atoms with Crippen LogP contribution in [0.1, 0.15) is 97.3 Å². The number of esters is 3. The number of hydrogen-bond donors (Lipinski definition) is 0. The molecule has 0 aromatic carbocycles. The van der Waals surface area contributed by atoms with E-state index < -0.39 is 17.5 Å². The van der Waals surface area contributed by atoms with Gasteiger partial charge in [-0.25, -0.2) is 9.59 Å². The highest BCUT2D eigenvalue weighted by Crippen LogP contribution is 2.37. The molecule has 0 atom stereocenters. The van der Waals surface area contributed by atoms with Gasteiger partial charge in [0.1, 0.15) is 0 Å². The normalized spacial score (nSPS) is 20.9. The molecule has 0 aromatic rings. The van der Waals surface area contributed by atoms with E-state index in [-0.39, 0.29) is 31.3 Å². The van der Waals surface area contributed by atoms with Crippen LogP contribution in [-0.2, 0) is 28.6 Å². The predicted octanol–water partition coefficient (Wildman–Crippen LogP) is 5.28. The van der Waals surface area contributed by atoms with Gasteiger partial charge >= 0.3 is 17.9 Å². The van der Waals surface area contributed by atoms with Gasteiger partial charge in [-0.2, -0.15) is 0 Å². The minimum absolute atomic E-state index is 0.219. The Morgan fingerprint density at radius 1 is 0.867 bits per heavy atom. The molecule has 0 radical (unpaired) electrons. The van der Waals surface area contributed by atoms with Gasteiger partial charge in [0.15, 0.2) is 0 Å². The number of carbonyl (C=O) groups excluding carboxylic acids is 3. The summed E-state index contributed by atoms with van der Waals surface area (Å²) in [5.41, 5.74) is -1.32. The van der Waals surface area contributed by atoms with Crippen LogP contribution in [-0.4, -0.2) is 36.7 Å². The molecule has 6 heteroatoms. The molecule has 0 unspecified atom stereocenters. The molecule has 1 fully saturated rings. The number of rotatable bonds is 15. The Balaban J connectivity index is 2.36. The molecule has 30 heavy (non-hydrogen) atoms. The second-order valence-corrected chi connectivity index (χ2v) is 8.17. The van der Waals surface area contributed by atoms with Gasteiger partial charge in [-0.05, 0) is 38.5 Å². The van der Waals surface area contributed by atoms with E-state index in [0.717, 1.165) is 18.9 Å². The Kier molecular flexibility index (Phi) is 13.1. The smallest absolute Gasteiger partial charge is 0.350 e. The molecular weight excluding hydrogens is 384 g/mol. The molecule has 1 aliphatic carbocycles. The van der Waals surface area contributed by atoms with Gasteiger partial charge < -0.3 is 14.2 Å². The third-order valence-corrected chi connectivity index (χ3v) is 5.64. The summed E-state index contributed by atoms with van der Waals surface area (Å²) in [7, 11) is 0. The monoisotopic (exact) mass is 424 g/mol. The van der Waals surface area contributed by atoms with Crippen LogP contribution in [0.25, 0.3) is 0 Å². The largest absolute Gasteiger partial charge is 0.465 e. The summed E-state index contributed by atoms with van der Waals surface area (Å²) in [6, 6.07) is 0. The Morgan fingerprint density at radius 2 is 1.47 bits per heavy atom. The molecule has 0 saturated heterocycles. The van der Waals surface area contributed by atoms with Crippen molar-refractivity contribution in [3.8, 4) is 0 Å². The van der Waals surface area contributed by atoms with E-state index in [2.05, 4.69) is 13.5 Å². The summed E-state index contributed by atoms with van der Waals surface area (Å²) in [4.78, 5) is 36.6. The minimum Gasteiger partial charge on any atom is -0.465 e. The minimum atomic E-state index is -1.32. The van der Waals surface area contributed by atoms with E-state index in [9.17, 15) is 14.4 Å². The number of carbonyl (C=O) groups is 3. The van der Waals surface area contributed by atoms with Gasteiger partial charge in [0, 0.05) is 6.08 Å². The second-order valence-electron chi connectivity index (χ2n) is 8.17. The van der Waals surface area contributed by atoms with Crippen molar-refractivity contribution in [2.75, 3.05) is 13.2 Å². The lowest BCUT2D eigenvalue weighted by Crippen LogP contribution is -2.48. The first kappa shape index (κ1) is 26.2. The molecule has 0 heterocycles. The van der Waals surface area contributed by atoms with Crippen LogP contribution in [0.3, 0.4) is 0 Å². The molecule has 0 amide bonds. The summed E-state index contributed by atoms with van der Waals surface area (Å²) in [5.74, 6) is -1.68. The highest BCUT2D eigenvalue weighted by molar-refractivity contribution is 5.88. The van der Waals surface area contributed by atoms with Crippen LogP contribution in [0.4, 0.5) is 0 Å². The first-order valence-corrected chi connectivity index (χ1v) is 11.7. The summed E-state index contributed by atoms with van der Waals surface area (Å²) in [5, 5.41) is 0. The SMILES string of the molecule is C=CC(=O)OC1(C(=O)OCCC)CCC(C(=O)OCCCCCCCCCC)CC1. The van der Waals surface area contributed by atoms with Gasteiger partial charge in [-0.15, -0.1) is 0 Å². The molecule has 1 rings (SSSR count). The van der Waals surface area contributed by atoms with E-state index in [0.29, 0.717) is 25.9 Å². The summed E-state index contributed by atoms with van der Waals surface area (Å²) in [6.07, 6.45) is 12.7. The van der Waals surface area contributed by atoms with Crippen LogP contribution in [0.5, 0.6) is 0 Å². The Hall–Kier alpha value is -1.85.